The van der Waals surface area contributed by atoms with Gasteiger partial charge in [0.2, 0.25) is 5.91 Å². The SMILES string of the molecule is CCc1cccc(C)c1NC(=O)CN1CCOCC1. The molecule has 4 nitrogen and oxygen atoms in total. The monoisotopic (exact) mass is 262 g/mol. The molecule has 0 spiro atoms. The lowest BCUT2D eigenvalue weighted by atomic mass is 10.1. The highest BCUT2D eigenvalue weighted by Crippen LogP contribution is 2.20. The van der Waals surface area contributed by atoms with Crippen LogP contribution in [0.5, 0.6) is 0 Å². The first-order valence-corrected chi connectivity index (χ1v) is 6.89. The number of amides is 1. The summed E-state index contributed by atoms with van der Waals surface area (Å²) in [5.74, 6) is 0.0610. The largest absolute Gasteiger partial charge is 0.379 e. The van der Waals surface area contributed by atoms with Crippen LogP contribution in [0.1, 0.15) is 18.1 Å². The highest BCUT2D eigenvalue weighted by Gasteiger charge is 2.15. The number of ether oxygens (including phenoxy) is 1. The second kappa shape index (κ2) is 6.68. The molecule has 1 aromatic rings. The first kappa shape index (κ1) is 14.0. The first-order chi connectivity index (χ1) is 9.20. The summed E-state index contributed by atoms with van der Waals surface area (Å²) < 4.78 is 5.28. The number of nitrogens with zero attached hydrogens (tertiary/aromatic N) is 1. The van der Waals surface area contributed by atoms with E-state index in [1.807, 2.05) is 19.1 Å². The Balaban J connectivity index is 1.98. The third kappa shape index (κ3) is 3.78. The summed E-state index contributed by atoms with van der Waals surface area (Å²) in [6.45, 7) is 7.69. The average Bonchev–Trinajstić information content (AvgIpc) is 2.42. The lowest BCUT2D eigenvalue weighted by Gasteiger charge is -2.26. The molecule has 0 atom stereocenters. The maximum atomic E-state index is 12.1. The van der Waals surface area contributed by atoms with Crippen LogP contribution < -0.4 is 5.32 Å². The van der Waals surface area contributed by atoms with E-state index in [0.717, 1.165) is 44.0 Å². The molecule has 1 aliphatic heterocycles. The van der Waals surface area contributed by atoms with Gasteiger partial charge in [-0.15, -0.1) is 0 Å². The summed E-state index contributed by atoms with van der Waals surface area (Å²) in [6.07, 6.45) is 0.925. The van der Waals surface area contributed by atoms with Gasteiger partial charge >= 0.3 is 0 Å². The van der Waals surface area contributed by atoms with Gasteiger partial charge < -0.3 is 10.1 Å². The van der Waals surface area contributed by atoms with E-state index in [-0.39, 0.29) is 5.91 Å². The maximum absolute atomic E-state index is 12.1. The summed E-state index contributed by atoms with van der Waals surface area (Å²) >= 11 is 0. The van der Waals surface area contributed by atoms with Crippen molar-refractivity contribution >= 4 is 11.6 Å². The average molecular weight is 262 g/mol. The van der Waals surface area contributed by atoms with E-state index >= 15 is 0 Å². The molecule has 1 amide bonds. The van der Waals surface area contributed by atoms with Gasteiger partial charge in [0.05, 0.1) is 19.8 Å². The number of rotatable bonds is 4. The molecule has 104 valence electrons. The molecule has 0 aromatic heterocycles. The Labute approximate surface area is 114 Å². The molecule has 0 saturated carbocycles. The van der Waals surface area contributed by atoms with E-state index in [1.165, 1.54) is 5.56 Å². The van der Waals surface area contributed by atoms with Crippen LogP contribution in [0.3, 0.4) is 0 Å². The molecule has 19 heavy (non-hydrogen) atoms. The van der Waals surface area contributed by atoms with Crippen molar-refractivity contribution in [2.75, 3.05) is 38.2 Å². The smallest absolute Gasteiger partial charge is 0.238 e. The van der Waals surface area contributed by atoms with E-state index < -0.39 is 0 Å². The number of benzene rings is 1. The predicted molar refractivity (Wildman–Crippen MR) is 76.4 cm³/mol. The van der Waals surface area contributed by atoms with E-state index in [0.29, 0.717) is 6.54 Å². The summed E-state index contributed by atoms with van der Waals surface area (Å²) in [4.78, 5) is 14.2. The molecule has 0 aliphatic carbocycles. The van der Waals surface area contributed by atoms with Gasteiger partial charge in [0.1, 0.15) is 0 Å². The quantitative estimate of drug-likeness (QED) is 0.900. The van der Waals surface area contributed by atoms with Gasteiger partial charge in [-0.3, -0.25) is 9.69 Å². The zero-order chi connectivity index (χ0) is 13.7. The summed E-state index contributed by atoms with van der Waals surface area (Å²) in [5, 5.41) is 3.06. The molecule has 1 saturated heterocycles. The third-order valence-corrected chi connectivity index (χ3v) is 3.48. The second-order valence-electron chi connectivity index (χ2n) is 4.90. The van der Waals surface area contributed by atoms with Crippen LogP contribution in [0.25, 0.3) is 0 Å². The van der Waals surface area contributed by atoms with Gasteiger partial charge in [-0.25, -0.2) is 0 Å². The van der Waals surface area contributed by atoms with Crippen molar-refractivity contribution in [1.29, 1.82) is 0 Å². The molecule has 1 N–H and O–H groups in total. The fourth-order valence-electron chi connectivity index (χ4n) is 2.34. The summed E-state index contributed by atoms with van der Waals surface area (Å²) in [6, 6.07) is 6.13. The van der Waals surface area contributed by atoms with Crippen molar-refractivity contribution in [1.82, 2.24) is 4.90 Å². The Kier molecular flexibility index (Phi) is 4.93. The van der Waals surface area contributed by atoms with Gasteiger partial charge in [-0.05, 0) is 24.5 Å². The number of carbonyl (C=O) groups is 1. The standard InChI is InChI=1S/C15H22N2O2/c1-3-13-6-4-5-12(2)15(13)16-14(18)11-17-7-9-19-10-8-17/h4-6H,3,7-11H2,1-2H3,(H,16,18). The maximum Gasteiger partial charge on any atom is 0.238 e. The van der Waals surface area contributed by atoms with Crippen LogP contribution >= 0.6 is 0 Å². The molecule has 1 aromatic carbocycles. The molecule has 0 unspecified atom stereocenters. The zero-order valence-corrected chi connectivity index (χ0v) is 11.7. The predicted octanol–water partition coefficient (Wildman–Crippen LogP) is 1.83. The van der Waals surface area contributed by atoms with Crippen LogP contribution in [-0.2, 0) is 16.0 Å². The van der Waals surface area contributed by atoms with Crippen LogP contribution in [0.2, 0.25) is 0 Å². The number of morpholine rings is 1. The van der Waals surface area contributed by atoms with Crippen molar-refractivity contribution in [3.63, 3.8) is 0 Å². The Morgan fingerprint density at radius 3 is 2.79 bits per heavy atom. The highest BCUT2D eigenvalue weighted by molar-refractivity contribution is 5.93. The number of carbonyl (C=O) groups excluding carboxylic acids is 1. The third-order valence-electron chi connectivity index (χ3n) is 3.48. The van der Waals surface area contributed by atoms with Crippen molar-refractivity contribution in [2.45, 2.75) is 20.3 Å². The fourth-order valence-corrected chi connectivity index (χ4v) is 2.34. The van der Waals surface area contributed by atoms with Crippen LogP contribution in [0, 0.1) is 6.92 Å². The molecule has 1 heterocycles. The lowest BCUT2D eigenvalue weighted by molar-refractivity contribution is -0.118. The van der Waals surface area contributed by atoms with E-state index in [1.54, 1.807) is 0 Å². The van der Waals surface area contributed by atoms with Crippen molar-refractivity contribution < 1.29 is 9.53 Å². The number of hydrogen-bond acceptors (Lipinski definition) is 3. The normalized spacial score (nSPS) is 16.3. The first-order valence-electron chi connectivity index (χ1n) is 6.89. The molecular formula is C15H22N2O2. The molecular weight excluding hydrogens is 240 g/mol. The Morgan fingerprint density at radius 1 is 1.37 bits per heavy atom. The summed E-state index contributed by atoms with van der Waals surface area (Å²) in [5.41, 5.74) is 3.29. The van der Waals surface area contributed by atoms with Crippen LogP contribution in [-0.4, -0.2) is 43.7 Å². The molecule has 1 aliphatic rings. The van der Waals surface area contributed by atoms with Crippen molar-refractivity contribution in [2.24, 2.45) is 0 Å². The summed E-state index contributed by atoms with van der Waals surface area (Å²) in [7, 11) is 0. The van der Waals surface area contributed by atoms with Crippen LogP contribution in [0.4, 0.5) is 5.69 Å². The Bertz CT molecular complexity index is 440. The fraction of sp³-hybridized carbons (Fsp3) is 0.533. The number of nitrogens with one attached hydrogen (secondary N) is 1. The number of aryl methyl sites for hydroxylation is 2. The topological polar surface area (TPSA) is 41.6 Å². The van der Waals surface area contributed by atoms with Gasteiger partial charge in [-0.2, -0.15) is 0 Å². The molecule has 2 rings (SSSR count). The molecule has 4 heteroatoms. The lowest BCUT2D eigenvalue weighted by Crippen LogP contribution is -2.41. The van der Waals surface area contributed by atoms with Gasteiger partial charge in [0.15, 0.2) is 0 Å². The van der Waals surface area contributed by atoms with E-state index in [2.05, 4.69) is 23.2 Å². The Morgan fingerprint density at radius 2 is 2.11 bits per heavy atom. The number of anilines is 1. The van der Waals surface area contributed by atoms with Crippen molar-refractivity contribution in [3.05, 3.63) is 29.3 Å². The Hall–Kier alpha value is -1.39. The van der Waals surface area contributed by atoms with E-state index in [4.69, 9.17) is 4.74 Å². The minimum Gasteiger partial charge on any atom is -0.379 e. The van der Waals surface area contributed by atoms with E-state index in [9.17, 15) is 4.79 Å². The minimum absolute atomic E-state index is 0.0610. The number of hydrogen-bond donors (Lipinski definition) is 1. The van der Waals surface area contributed by atoms with Gasteiger partial charge in [0.25, 0.3) is 0 Å². The second-order valence-corrected chi connectivity index (χ2v) is 4.90. The van der Waals surface area contributed by atoms with Gasteiger partial charge in [0, 0.05) is 18.8 Å². The molecule has 1 fully saturated rings. The van der Waals surface area contributed by atoms with Gasteiger partial charge in [-0.1, -0.05) is 25.1 Å². The minimum atomic E-state index is 0.0610. The van der Waals surface area contributed by atoms with Crippen molar-refractivity contribution in [3.8, 4) is 0 Å². The molecule has 0 radical (unpaired) electrons. The molecule has 0 bridgehead atoms. The highest BCUT2D eigenvalue weighted by atomic mass is 16.5. The van der Waals surface area contributed by atoms with Crippen LogP contribution in [0.15, 0.2) is 18.2 Å². The zero-order valence-electron chi connectivity index (χ0n) is 11.7. The number of para-hydroxylation sites is 1.